The topological polar surface area (TPSA) is 67.0 Å². The molecule has 0 spiro atoms. The summed E-state index contributed by atoms with van der Waals surface area (Å²) in [6, 6.07) is 7.85. The van der Waals surface area contributed by atoms with Crippen molar-refractivity contribution in [2.45, 2.75) is 25.8 Å². The molecule has 0 unspecified atom stereocenters. The Kier molecular flexibility index (Phi) is 3.41. The first-order valence-electron chi connectivity index (χ1n) is 6.78. The number of ether oxygens (including phenoxy) is 1. The lowest BCUT2D eigenvalue weighted by Crippen LogP contribution is -2.28. The number of para-hydroxylation sites is 1. The van der Waals surface area contributed by atoms with E-state index in [9.17, 15) is 4.79 Å². The van der Waals surface area contributed by atoms with Crippen molar-refractivity contribution in [2.24, 2.45) is 0 Å². The average Bonchev–Trinajstić information content (AvgIpc) is 2.78. The van der Waals surface area contributed by atoms with Crippen molar-refractivity contribution >= 4 is 5.91 Å². The van der Waals surface area contributed by atoms with Crippen LogP contribution in [-0.2, 0) is 0 Å². The second kappa shape index (κ2) is 5.36. The molecule has 1 aliphatic heterocycles. The van der Waals surface area contributed by atoms with Crippen molar-refractivity contribution in [3.05, 3.63) is 47.3 Å². The third-order valence-electron chi connectivity index (χ3n) is 3.57. The van der Waals surface area contributed by atoms with Crippen LogP contribution in [0.2, 0.25) is 0 Å². The van der Waals surface area contributed by atoms with Gasteiger partial charge in [-0.15, -0.1) is 0 Å². The Bertz CT molecular complexity index is 621. The molecule has 20 heavy (non-hydrogen) atoms. The molecule has 0 fully saturated rings. The molecule has 2 N–H and O–H groups in total. The lowest BCUT2D eigenvalue weighted by atomic mass is 10.0. The van der Waals surface area contributed by atoms with Gasteiger partial charge in [0.05, 0.1) is 24.4 Å². The summed E-state index contributed by atoms with van der Waals surface area (Å²) in [6.45, 7) is 2.53. The van der Waals surface area contributed by atoms with Crippen LogP contribution in [0.1, 0.15) is 40.5 Å². The molecule has 0 radical (unpaired) electrons. The summed E-state index contributed by atoms with van der Waals surface area (Å²) in [7, 11) is 0. The summed E-state index contributed by atoms with van der Waals surface area (Å²) >= 11 is 0. The van der Waals surface area contributed by atoms with Gasteiger partial charge in [-0.3, -0.25) is 9.89 Å². The lowest BCUT2D eigenvalue weighted by molar-refractivity contribution is 0.0934. The SMILES string of the molecule is Cc1[nH]ncc1C(=O)N[C@H]1CCCOc2ccccc21. The molecule has 5 heteroatoms. The number of aromatic amines is 1. The Morgan fingerprint density at radius 3 is 3.10 bits per heavy atom. The van der Waals surface area contributed by atoms with Gasteiger partial charge in [-0.05, 0) is 25.8 Å². The van der Waals surface area contributed by atoms with Crippen LogP contribution in [0.25, 0.3) is 0 Å². The highest BCUT2D eigenvalue weighted by Gasteiger charge is 2.22. The van der Waals surface area contributed by atoms with Crippen LogP contribution in [0.3, 0.4) is 0 Å². The summed E-state index contributed by atoms with van der Waals surface area (Å²) in [6.07, 6.45) is 3.35. The van der Waals surface area contributed by atoms with Crippen LogP contribution in [-0.4, -0.2) is 22.7 Å². The van der Waals surface area contributed by atoms with E-state index < -0.39 is 0 Å². The standard InChI is InChI=1S/C15H17N3O2/c1-10-12(9-16-18-10)15(19)17-13-6-4-8-20-14-7-3-2-5-11(13)14/h2-3,5,7,9,13H,4,6,8H2,1H3,(H,16,18)(H,17,19)/t13-/m0/s1. The molecular weight excluding hydrogens is 254 g/mol. The quantitative estimate of drug-likeness (QED) is 0.881. The van der Waals surface area contributed by atoms with Gasteiger partial charge in [0, 0.05) is 11.3 Å². The number of H-pyrrole nitrogens is 1. The van der Waals surface area contributed by atoms with Crippen molar-refractivity contribution in [3.8, 4) is 5.75 Å². The largest absolute Gasteiger partial charge is 0.493 e. The van der Waals surface area contributed by atoms with Crippen molar-refractivity contribution in [1.29, 1.82) is 0 Å². The number of carbonyl (C=O) groups excluding carboxylic acids is 1. The molecular formula is C15H17N3O2. The molecule has 0 saturated carbocycles. The van der Waals surface area contributed by atoms with E-state index in [-0.39, 0.29) is 11.9 Å². The molecule has 5 nitrogen and oxygen atoms in total. The number of hydrogen-bond donors (Lipinski definition) is 2. The number of fused-ring (bicyclic) bond motifs is 1. The minimum atomic E-state index is -0.0991. The van der Waals surface area contributed by atoms with E-state index in [0.717, 1.165) is 29.8 Å². The van der Waals surface area contributed by atoms with E-state index in [2.05, 4.69) is 15.5 Å². The van der Waals surface area contributed by atoms with Crippen molar-refractivity contribution in [2.75, 3.05) is 6.61 Å². The molecule has 2 heterocycles. The number of aryl methyl sites for hydroxylation is 1. The molecule has 1 atom stereocenters. The minimum Gasteiger partial charge on any atom is -0.493 e. The summed E-state index contributed by atoms with van der Waals surface area (Å²) < 4.78 is 5.70. The number of nitrogens with one attached hydrogen (secondary N) is 2. The fraction of sp³-hybridized carbons (Fsp3) is 0.333. The number of amides is 1. The second-order valence-corrected chi connectivity index (χ2v) is 4.96. The van der Waals surface area contributed by atoms with E-state index >= 15 is 0 Å². The first kappa shape index (κ1) is 12.7. The summed E-state index contributed by atoms with van der Waals surface area (Å²) in [5.74, 6) is 0.761. The van der Waals surface area contributed by atoms with Crippen molar-refractivity contribution in [3.63, 3.8) is 0 Å². The third kappa shape index (κ3) is 2.39. The number of carbonyl (C=O) groups is 1. The molecule has 0 saturated heterocycles. The van der Waals surface area contributed by atoms with Gasteiger partial charge >= 0.3 is 0 Å². The first-order valence-corrected chi connectivity index (χ1v) is 6.78. The highest BCUT2D eigenvalue weighted by Crippen LogP contribution is 2.31. The first-order chi connectivity index (χ1) is 9.75. The third-order valence-corrected chi connectivity index (χ3v) is 3.57. The number of benzene rings is 1. The molecule has 0 bridgehead atoms. The van der Waals surface area contributed by atoms with E-state index in [1.54, 1.807) is 6.20 Å². The van der Waals surface area contributed by atoms with E-state index in [1.165, 1.54) is 0 Å². The van der Waals surface area contributed by atoms with Gasteiger partial charge in [0.2, 0.25) is 0 Å². The number of hydrogen-bond acceptors (Lipinski definition) is 3. The highest BCUT2D eigenvalue weighted by atomic mass is 16.5. The van der Waals surface area contributed by atoms with Gasteiger partial charge in [0.25, 0.3) is 5.91 Å². The Balaban J connectivity index is 1.84. The smallest absolute Gasteiger partial charge is 0.255 e. The van der Waals surface area contributed by atoms with Crippen LogP contribution in [0.5, 0.6) is 5.75 Å². The van der Waals surface area contributed by atoms with Gasteiger partial charge in [-0.25, -0.2) is 0 Å². The van der Waals surface area contributed by atoms with Crippen LogP contribution >= 0.6 is 0 Å². The molecule has 2 aromatic rings. The van der Waals surface area contributed by atoms with Gasteiger partial charge in [0.15, 0.2) is 0 Å². The Hall–Kier alpha value is -2.30. The number of nitrogens with zero attached hydrogens (tertiary/aromatic N) is 1. The maximum atomic E-state index is 12.3. The molecule has 104 valence electrons. The molecule has 1 aromatic heterocycles. The monoisotopic (exact) mass is 271 g/mol. The van der Waals surface area contributed by atoms with Crippen LogP contribution in [0.4, 0.5) is 0 Å². The predicted molar refractivity (Wildman–Crippen MR) is 74.7 cm³/mol. The van der Waals surface area contributed by atoms with Crippen LogP contribution in [0.15, 0.2) is 30.5 Å². The highest BCUT2D eigenvalue weighted by molar-refractivity contribution is 5.95. The normalized spacial score (nSPS) is 17.8. The van der Waals surface area contributed by atoms with Gasteiger partial charge in [0.1, 0.15) is 5.75 Å². The Morgan fingerprint density at radius 2 is 2.30 bits per heavy atom. The van der Waals surface area contributed by atoms with E-state index in [1.807, 2.05) is 31.2 Å². The van der Waals surface area contributed by atoms with E-state index in [4.69, 9.17) is 4.74 Å². The summed E-state index contributed by atoms with van der Waals surface area (Å²) in [5.41, 5.74) is 2.41. The van der Waals surface area contributed by atoms with E-state index in [0.29, 0.717) is 12.2 Å². The van der Waals surface area contributed by atoms with Crippen LogP contribution in [0, 0.1) is 6.92 Å². The molecule has 1 aliphatic rings. The molecule has 3 rings (SSSR count). The molecule has 1 amide bonds. The van der Waals surface area contributed by atoms with Crippen LogP contribution < -0.4 is 10.1 Å². The minimum absolute atomic E-state index is 0.0181. The zero-order chi connectivity index (χ0) is 13.9. The maximum absolute atomic E-state index is 12.3. The van der Waals surface area contributed by atoms with Crippen molar-refractivity contribution < 1.29 is 9.53 Å². The Morgan fingerprint density at radius 1 is 1.45 bits per heavy atom. The lowest BCUT2D eigenvalue weighted by Gasteiger charge is -2.18. The second-order valence-electron chi connectivity index (χ2n) is 4.96. The zero-order valence-corrected chi connectivity index (χ0v) is 11.3. The summed E-state index contributed by atoms with van der Waals surface area (Å²) in [5, 5.41) is 9.75. The predicted octanol–water partition coefficient (Wildman–Crippen LogP) is 2.36. The Labute approximate surface area is 117 Å². The van der Waals surface area contributed by atoms with Gasteiger partial charge in [-0.2, -0.15) is 5.10 Å². The molecule has 0 aliphatic carbocycles. The number of aromatic nitrogens is 2. The zero-order valence-electron chi connectivity index (χ0n) is 11.3. The maximum Gasteiger partial charge on any atom is 0.255 e. The number of rotatable bonds is 2. The average molecular weight is 271 g/mol. The van der Waals surface area contributed by atoms with Gasteiger partial charge < -0.3 is 10.1 Å². The fourth-order valence-corrected chi connectivity index (χ4v) is 2.49. The van der Waals surface area contributed by atoms with Gasteiger partial charge in [-0.1, -0.05) is 18.2 Å². The summed E-state index contributed by atoms with van der Waals surface area (Å²) in [4.78, 5) is 12.3. The molecule has 1 aromatic carbocycles. The van der Waals surface area contributed by atoms with Crippen molar-refractivity contribution in [1.82, 2.24) is 15.5 Å². The fourth-order valence-electron chi connectivity index (χ4n) is 2.49.